The van der Waals surface area contributed by atoms with Crippen molar-refractivity contribution in [3.05, 3.63) is 197 Å². The molecule has 0 bridgehead atoms. The second-order valence-electron chi connectivity index (χ2n) is 26.6. The van der Waals surface area contributed by atoms with Gasteiger partial charge in [0.15, 0.2) is 0 Å². The van der Waals surface area contributed by atoms with Gasteiger partial charge >= 0.3 is 0 Å². The van der Waals surface area contributed by atoms with E-state index >= 15 is 0 Å². The van der Waals surface area contributed by atoms with Crippen molar-refractivity contribution >= 4 is 17.1 Å². The third-order valence-corrected chi connectivity index (χ3v) is 20.8. The van der Waals surface area contributed by atoms with Gasteiger partial charge in [0.05, 0.1) is 5.69 Å². The summed E-state index contributed by atoms with van der Waals surface area (Å²) >= 11 is 0. The highest BCUT2D eigenvalue weighted by Gasteiger charge is 2.41. The monoisotopic (exact) mass is 1050 g/mol. The van der Waals surface area contributed by atoms with Gasteiger partial charge in [-0.05, 0) is 183 Å². The van der Waals surface area contributed by atoms with E-state index in [0.717, 1.165) is 17.8 Å². The highest BCUT2D eigenvalue weighted by Crippen LogP contribution is 2.55. The van der Waals surface area contributed by atoms with Crippen LogP contribution in [0.1, 0.15) is 240 Å². The Balaban J connectivity index is 1.07. The summed E-state index contributed by atoms with van der Waals surface area (Å²) in [5.41, 5.74) is 22.1. The van der Waals surface area contributed by atoms with Crippen LogP contribution in [-0.4, -0.2) is 0 Å². The Bertz CT molecular complexity index is 3040. The molecule has 1 heteroatoms. The molecule has 4 aliphatic carbocycles. The maximum atomic E-state index is 2.84. The molecule has 3 fully saturated rings. The number of rotatable bonds is 12. The molecule has 1 unspecified atom stereocenters. The van der Waals surface area contributed by atoms with E-state index in [9.17, 15) is 0 Å². The molecule has 4 aliphatic rings. The predicted octanol–water partition coefficient (Wildman–Crippen LogP) is 23.5. The van der Waals surface area contributed by atoms with Crippen molar-refractivity contribution in [1.82, 2.24) is 0 Å². The minimum Gasteiger partial charge on any atom is -0.310 e. The highest BCUT2D eigenvalue weighted by molar-refractivity contribution is 5.91. The molecule has 79 heavy (non-hydrogen) atoms. The number of hydrogen-bond donors (Lipinski definition) is 0. The van der Waals surface area contributed by atoms with E-state index in [1.165, 1.54) is 202 Å². The highest BCUT2D eigenvalue weighted by atomic mass is 15.1. The van der Waals surface area contributed by atoms with Crippen LogP contribution in [0.15, 0.2) is 158 Å². The van der Waals surface area contributed by atoms with Crippen LogP contribution in [0.4, 0.5) is 17.1 Å². The molecule has 0 spiro atoms. The van der Waals surface area contributed by atoms with Crippen molar-refractivity contribution < 1.29 is 0 Å². The number of para-hydroxylation sites is 1. The second-order valence-corrected chi connectivity index (χ2v) is 26.6. The minimum atomic E-state index is -0.331. The topological polar surface area (TPSA) is 3.24 Å². The van der Waals surface area contributed by atoms with Gasteiger partial charge in [-0.3, -0.25) is 0 Å². The zero-order valence-electron chi connectivity index (χ0n) is 49.8. The summed E-state index contributed by atoms with van der Waals surface area (Å²) < 4.78 is 0. The Hall–Kier alpha value is -5.66. The fourth-order valence-corrected chi connectivity index (χ4v) is 15.9. The van der Waals surface area contributed by atoms with Gasteiger partial charge in [-0.1, -0.05) is 265 Å². The average molecular weight is 1050 g/mol. The van der Waals surface area contributed by atoms with Crippen LogP contribution in [0.3, 0.4) is 0 Å². The van der Waals surface area contributed by atoms with Gasteiger partial charge in [0.25, 0.3) is 0 Å². The lowest BCUT2D eigenvalue weighted by atomic mass is 9.72. The van der Waals surface area contributed by atoms with Crippen molar-refractivity contribution in [2.24, 2.45) is 17.8 Å². The molecule has 3 saturated carbocycles. The van der Waals surface area contributed by atoms with E-state index in [2.05, 4.69) is 211 Å². The number of hydrogen-bond acceptors (Lipinski definition) is 1. The standard InChI is InChI=1S/C78H95N/c1-8-55-24-18-32-58(33-19-25-55)63-52-71(60-34-20-26-56(9-2)27-21-35-60)76(72(53-63)61-36-22-28-57(10-3)29-23-37-61)62-42-48-66(49-43-62)79(75-41-17-15-38-68(75)59-30-12-11-13-31-59)67-50-51-70-69-39-14-16-40-73(69)78(7,74(70)54-67)65-46-44-64(45-47-65)77(4,5)6/h11-17,30-31,38-58,60-61H,8-10,18-29,32-37H2,1-7H3. The molecule has 0 aliphatic heterocycles. The number of fused-ring (bicyclic) bond motifs is 3. The SMILES string of the molecule is CCC1CCCC(c2cc(C3CCCC(CC)CCC3)c(-c3ccc(N(c4ccc5c(c4)C(C)(c4ccc(C(C)(C)C)cc4)c4ccccc4-5)c4ccccc4-c4ccccc4)cc3)c(C3CCCC(CC)CCC3)c2)CCC1. The first kappa shape index (κ1) is 55.3. The van der Waals surface area contributed by atoms with Gasteiger partial charge in [0, 0.05) is 22.4 Å². The van der Waals surface area contributed by atoms with Crippen molar-refractivity contribution in [3.63, 3.8) is 0 Å². The van der Waals surface area contributed by atoms with E-state index in [0.29, 0.717) is 17.8 Å². The Kier molecular flexibility index (Phi) is 17.2. The van der Waals surface area contributed by atoms with E-state index in [4.69, 9.17) is 0 Å². The summed E-state index contributed by atoms with van der Waals surface area (Å²) in [4.78, 5) is 2.58. The summed E-state index contributed by atoms with van der Waals surface area (Å²) in [5.74, 6) is 4.58. The van der Waals surface area contributed by atoms with Crippen LogP contribution in [0.2, 0.25) is 0 Å². The Morgan fingerprint density at radius 1 is 0.418 bits per heavy atom. The summed E-state index contributed by atoms with van der Waals surface area (Å²) in [5, 5.41) is 0. The first-order valence-electron chi connectivity index (χ1n) is 32.1. The molecule has 7 aromatic rings. The molecule has 0 radical (unpaired) electrons. The van der Waals surface area contributed by atoms with Crippen LogP contribution in [-0.2, 0) is 10.8 Å². The molecule has 412 valence electrons. The van der Waals surface area contributed by atoms with Crippen LogP contribution < -0.4 is 4.90 Å². The zero-order valence-corrected chi connectivity index (χ0v) is 49.8. The first-order chi connectivity index (χ1) is 38.5. The molecule has 0 N–H and O–H groups in total. The van der Waals surface area contributed by atoms with Gasteiger partial charge in [-0.15, -0.1) is 0 Å². The number of anilines is 3. The average Bonchev–Trinajstić information content (AvgIpc) is 3.98. The molecule has 11 rings (SSSR count). The fraction of sp³-hybridized carbons (Fsp3) is 0.462. The third kappa shape index (κ3) is 11.6. The molecule has 1 atom stereocenters. The molecular formula is C78H95N. The smallest absolute Gasteiger partial charge is 0.0540 e. The van der Waals surface area contributed by atoms with Gasteiger partial charge < -0.3 is 4.90 Å². The van der Waals surface area contributed by atoms with Gasteiger partial charge in [-0.25, -0.2) is 0 Å². The lowest BCUT2D eigenvalue weighted by molar-refractivity contribution is 0.344. The number of nitrogens with zero attached hydrogens (tertiary/aromatic N) is 1. The van der Waals surface area contributed by atoms with E-state index in [-0.39, 0.29) is 10.8 Å². The molecule has 0 heterocycles. The van der Waals surface area contributed by atoms with Gasteiger partial charge in [0.2, 0.25) is 0 Å². The normalized spacial score (nSPS) is 23.9. The molecule has 0 saturated heterocycles. The van der Waals surface area contributed by atoms with Crippen LogP contribution in [0.25, 0.3) is 33.4 Å². The van der Waals surface area contributed by atoms with Crippen LogP contribution in [0.5, 0.6) is 0 Å². The Morgan fingerprint density at radius 2 is 0.886 bits per heavy atom. The summed E-state index contributed by atoms with van der Waals surface area (Å²) in [6.07, 6.45) is 28.6. The lowest BCUT2D eigenvalue weighted by Crippen LogP contribution is -2.23. The van der Waals surface area contributed by atoms with Crippen molar-refractivity contribution in [2.45, 2.75) is 212 Å². The first-order valence-corrected chi connectivity index (χ1v) is 32.1. The van der Waals surface area contributed by atoms with Crippen molar-refractivity contribution in [1.29, 1.82) is 0 Å². The summed E-state index contributed by atoms with van der Waals surface area (Å²) in [6, 6.07) is 62.1. The minimum absolute atomic E-state index is 0.0830. The summed E-state index contributed by atoms with van der Waals surface area (Å²) in [6.45, 7) is 16.7. The van der Waals surface area contributed by atoms with Crippen molar-refractivity contribution in [2.75, 3.05) is 4.90 Å². The van der Waals surface area contributed by atoms with Crippen molar-refractivity contribution in [3.8, 4) is 33.4 Å². The maximum absolute atomic E-state index is 2.84. The van der Waals surface area contributed by atoms with Crippen LogP contribution >= 0.6 is 0 Å². The maximum Gasteiger partial charge on any atom is 0.0540 e. The molecule has 0 aromatic heterocycles. The predicted molar refractivity (Wildman–Crippen MR) is 341 cm³/mol. The third-order valence-electron chi connectivity index (χ3n) is 20.8. The zero-order chi connectivity index (χ0) is 54.5. The van der Waals surface area contributed by atoms with Gasteiger partial charge in [0.1, 0.15) is 0 Å². The van der Waals surface area contributed by atoms with E-state index < -0.39 is 0 Å². The second kappa shape index (κ2) is 24.6. The number of benzene rings is 7. The molecule has 1 nitrogen and oxygen atoms in total. The summed E-state index contributed by atoms with van der Waals surface area (Å²) in [7, 11) is 0. The lowest BCUT2D eigenvalue weighted by Gasteiger charge is -2.33. The molecular weight excluding hydrogens is 951 g/mol. The largest absolute Gasteiger partial charge is 0.310 e. The fourth-order valence-electron chi connectivity index (χ4n) is 15.9. The Morgan fingerprint density at radius 3 is 1.42 bits per heavy atom. The van der Waals surface area contributed by atoms with E-state index in [1.54, 1.807) is 22.3 Å². The van der Waals surface area contributed by atoms with Gasteiger partial charge in [-0.2, -0.15) is 0 Å². The molecule has 0 amide bonds. The quantitative estimate of drug-likeness (QED) is 0.118. The van der Waals surface area contributed by atoms with E-state index in [1.807, 2.05) is 0 Å². The Labute approximate surface area is 479 Å². The van der Waals surface area contributed by atoms with Crippen LogP contribution in [0, 0.1) is 17.8 Å². The molecule has 7 aromatic carbocycles.